The summed E-state index contributed by atoms with van der Waals surface area (Å²) < 4.78 is 5.02. The second kappa shape index (κ2) is 7.35. The van der Waals surface area contributed by atoms with Crippen molar-refractivity contribution in [1.82, 2.24) is 9.97 Å². The van der Waals surface area contributed by atoms with Crippen LogP contribution in [-0.2, 0) is 12.8 Å². The Bertz CT molecular complexity index is 647. The van der Waals surface area contributed by atoms with Crippen LogP contribution in [0.4, 0.5) is 11.5 Å². The van der Waals surface area contributed by atoms with Crippen molar-refractivity contribution in [3.05, 3.63) is 51.8 Å². The van der Waals surface area contributed by atoms with Crippen LogP contribution in [0, 0.1) is 10.1 Å². The highest BCUT2D eigenvalue weighted by atomic mass is 16.6. The van der Waals surface area contributed by atoms with Gasteiger partial charge in [0.15, 0.2) is 0 Å². The third kappa shape index (κ3) is 3.69. The maximum Gasteiger partial charge on any atom is 0.372 e. The molecule has 1 aromatic carbocycles. The van der Waals surface area contributed by atoms with Crippen LogP contribution in [-0.4, -0.2) is 28.5 Å². The summed E-state index contributed by atoms with van der Waals surface area (Å²) in [5.41, 5.74) is 0.919. The molecule has 7 heteroatoms. The summed E-state index contributed by atoms with van der Waals surface area (Å²) in [6, 6.07) is 9.88. The van der Waals surface area contributed by atoms with Gasteiger partial charge in [0, 0.05) is 13.0 Å². The number of nitro groups is 1. The van der Waals surface area contributed by atoms with Crippen molar-refractivity contribution in [2.75, 3.05) is 19.0 Å². The molecule has 0 bridgehead atoms. The van der Waals surface area contributed by atoms with Crippen molar-refractivity contribution in [2.45, 2.75) is 19.8 Å². The highest BCUT2D eigenvalue weighted by molar-refractivity contribution is 5.61. The number of nitrogens with zero attached hydrogens (tertiary/aromatic N) is 3. The van der Waals surface area contributed by atoms with Crippen molar-refractivity contribution in [2.24, 2.45) is 0 Å². The number of benzene rings is 1. The molecule has 7 nitrogen and oxygen atoms in total. The van der Waals surface area contributed by atoms with Gasteiger partial charge in [-0.3, -0.25) is 10.1 Å². The van der Waals surface area contributed by atoms with E-state index in [1.54, 1.807) is 0 Å². The highest BCUT2D eigenvalue weighted by Gasteiger charge is 2.25. The molecule has 0 saturated carbocycles. The van der Waals surface area contributed by atoms with E-state index in [2.05, 4.69) is 15.3 Å². The molecule has 0 spiro atoms. The number of anilines is 1. The van der Waals surface area contributed by atoms with E-state index in [0.29, 0.717) is 18.8 Å². The van der Waals surface area contributed by atoms with Gasteiger partial charge in [-0.1, -0.05) is 37.3 Å². The molecule has 0 atom stereocenters. The first kappa shape index (κ1) is 15.7. The lowest BCUT2D eigenvalue weighted by Gasteiger charge is -2.10. The molecule has 0 fully saturated rings. The van der Waals surface area contributed by atoms with Gasteiger partial charge < -0.3 is 10.1 Å². The molecule has 0 aliphatic carbocycles. The first-order valence-electron chi connectivity index (χ1n) is 7.02. The Kier molecular flexibility index (Phi) is 5.24. The molecule has 0 aliphatic rings. The molecule has 116 valence electrons. The normalized spacial score (nSPS) is 10.3. The van der Waals surface area contributed by atoms with Gasteiger partial charge in [-0.2, -0.15) is 4.98 Å². The van der Waals surface area contributed by atoms with Crippen LogP contribution in [0.3, 0.4) is 0 Å². The zero-order valence-electron chi connectivity index (χ0n) is 12.6. The molecule has 0 radical (unpaired) electrons. The van der Waals surface area contributed by atoms with Crippen molar-refractivity contribution >= 4 is 11.5 Å². The molecular formula is C15H18N4O3. The quantitative estimate of drug-likeness (QED) is 0.624. The van der Waals surface area contributed by atoms with Gasteiger partial charge in [-0.05, 0) is 12.0 Å². The summed E-state index contributed by atoms with van der Waals surface area (Å²) in [6.45, 7) is 2.42. The van der Waals surface area contributed by atoms with Crippen LogP contribution in [0.1, 0.15) is 18.3 Å². The average molecular weight is 302 g/mol. The van der Waals surface area contributed by atoms with Gasteiger partial charge in [-0.15, -0.1) is 0 Å². The predicted molar refractivity (Wildman–Crippen MR) is 83.3 cm³/mol. The molecule has 1 N–H and O–H groups in total. The van der Waals surface area contributed by atoms with Crippen molar-refractivity contribution < 1.29 is 9.66 Å². The van der Waals surface area contributed by atoms with E-state index in [1.807, 2.05) is 37.3 Å². The standard InChI is InChI=1S/C15H18N4O3/c1-3-12-17-14(13(19(20)21)15(18-12)22-2)16-10-9-11-7-5-4-6-8-11/h4-8H,3,9-10H2,1-2H3,(H,16,17,18). The van der Waals surface area contributed by atoms with Crippen LogP contribution < -0.4 is 10.1 Å². The molecule has 2 rings (SSSR count). The summed E-state index contributed by atoms with van der Waals surface area (Å²) in [7, 11) is 1.36. The van der Waals surface area contributed by atoms with Gasteiger partial charge in [-0.25, -0.2) is 4.98 Å². The zero-order chi connectivity index (χ0) is 15.9. The molecule has 0 saturated heterocycles. The van der Waals surface area contributed by atoms with Gasteiger partial charge >= 0.3 is 5.69 Å². The van der Waals surface area contributed by atoms with Gasteiger partial charge in [0.1, 0.15) is 5.82 Å². The summed E-state index contributed by atoms with van der Waals surface area (Å²) in [5, 5.41) is 14.3. The number of ether oxygens (including phenoxy) is 1. The molecule has 0 amide bonds. The Morgan fingerprint density at radius 3 is 2.59 bits per heavy atom. The summed E-state index contributed by atoms with van der Waals surface area (Å²) in [5.74, 6) is 0.688. The maximum absolute atomic E-state index is 11.2. The van der Waals surface area contributed by atoms with E-state index in [-0.39, 0.29) is 17.4 Å². The predicted octanol–water partition coefficient (Wildman–Crippen LogP) is 2.61. The fourth-order valence-electron chi connectivity index (χ4n) is 2.04. The first-order chi connectivity index (χ1) is 10.7. The lowest BCUT2D eigenvalue weighted by molar-refractivity contribution is -0.385. The average Bonchev–Trinajstić information content (AvgIpc) is 2.54. The van der Waals surface area contributed by atoms with Gasteiger partial charge in [0.25, 0.3) is 5.88 Å². The molecule has 1 aromatic heterocycles. The number of hydrogen-bond acceptors (Lipinski definition) is 6. The van der Waals surface area contributed by atoms with Crippen molar-refractivity contribution in [3.63, 3.8) is 0 Å². The van der Waals surface area contributed by atoms with Crippen LogP contribution in [0.2, 0.25) is 0 Å². The van der Waals surface area contributed by atoms with E-state index in [1.165, 1.54) is 7.11 Å². The van der Waals surface area contributed by atoms with Gasteiger partial charge in [0.05, 0.1) is 12.0 Å². The van der Waals surface area contributed by atoms with Crippen LogP contribution in [0.15, 0.2) is 30.3 Å². The minimum absolute atomic E-state index is 0.0148. The van der Waals surface area contributed by atoms with Crippen LogP contribution >= 0.6 is 0 Å². The smallest absolute Gasteiger partial charge is 0.372 e. The monoisotopic (exact) mass is 302 g/mol. The third-order valence-corrected chi connectivity index (χ3v) is 3.14. The molecule has 2 aromatic rings. The molecule has 22 heavy (non-hydrogen) atoms. The van der Waals surface area contributed by atoms with Crippen LogP contribution in [0.5, 0.6) is 5.88 Å². The van der Waals surface area contributed by atoms with E-state index >= 15 is 0 Å². The second-order valence-electron chi connectivity index (χ2n) is 4.62. The molecule has 0 unspecified atom stereocenters. The lowest BCUT2D eigenvalue weighted by atomic mass is 10.1. The third-order valence-electron chi connectivity index (χ3n) is 3.14. The number of aromatic nitrogens is 2. The minimum Gasteiger partial charge on any atom is -0.476 e. The van der Waals surface area contributed by atoms with Gasteiger partial charge in [0.2, 0.25) is 5.82 Å². The highest BCUT2D eigenvalue weighted by Crippen LogP contribution is 2.31. The number of methoxy groups -OCH3 is 1. The molecular weight excluding hydrogens is 284 g/mol. The van der Waals surface area contributed by atoms with Crippen molar-refractivity contribution in [3.8, 4) is 5.88 Å². The van der Waals surface area contributed by atoms with E-state index < -0.39 is 4.92 Å². The van der Waals surface area contributed by atoms with Crippen LogP contribution in [0.25, 0.3) is 0 Å². The van der Waals surface area contributed by atoms with E-state index in [9.17, 15) is 10.1 Å². The number of nitrogens with one attached hydrogen (secondary N) is 1. The second-order valence-corrected chi connectivity index (χ2v) is 4.62. The number of rotatable bonds is 7. The SMILES string of the molecule is CCc1nc(NCCc2ccccc2)c([N+](=O)[O-])c(OC)n1. The Hall–Kier alpha value is -2.70. The lowest BCUT2D eigenvalue weighted by Crippen LogP contribution is -2.12. The number of aryl methyl sites for hydroxylation is 1. The fourth-order valence-corrected chi connectivity index (χ4v) is 2.04. The Labute approximate surface area is 128 Å². The Morgan fingerprint density at radius 1 is 1.27 bits per heavy atom. The zero-order valence-corrected chi connectivity index (χ0v) is 12.6. The Morgan fingerprint density at radius 2 is 2.00 bits per heavy atom. The number of hydrogen-bond donors (Lipinski definition) is 1. The summed E-state index contributed by atoms with van der Waals surface area (Å²) in [6.07, 6.45) is 1.31. The molecule has 0 aliphatic heterocycles. The fraction of sp³-hybridized carbons (Fsp3) is 0.333. The van der Waals surface area contributed by atoms with Crippen molar-refractivity contribution in [1.29, 1.82) is 0 Å². The van der Waals surface area contributed by atoms with E-state index in [4.69, 9.17) is 4.74 Å². The first-order valence-corrected chi connectivity index (χ1v) is 7.02. The topological polar surface area (TPSA) is 90.2 Å². The summed E-state index contributed by atoms with van der Waals surface area (Å²) >= 11 is 0. The maximum atomic E-state index is 11.2. The van der Waals surface area contributed by atoms with E-state index in [0.717, 1.165) is 12.0 Å². The minimum atomic E-state index is -0.525. The largest absolute Gasteiger partial charge is 0.476 e. The summed E-state index contributed by atoms with van der Waals surface area (Å²) in [4.78, 5) is 19.0. The molecule has 1 heterocycles. The Balaban J connectivity index is 2.19.